The summed E-state index contributed by atoms with van der Waals surface area (Å²) in [4.78, 5) is 8.90. The van der Waals surface area contributed by atoms with Crippen molar-refractivity contribution >= 4 is 11.6 Å². The molecular formula is C23H17ClFN3O3. The third kappa shape index (κ3) is 4.02. The maximum Gasteiger partial charge on any atom is 0.233 e. The number of para-hydroxylation sites is 1. The highest BCUT2D eigenvalue weighted by molar-refractivity contribution is 6.30. The Morgan fingerprint density at radius 2 is 1.94 bits per heavy atom. The predicted octanol–water partition coefficient (Wildman–Crippen LogP) is 5.96. The second-order valence-corrected chi connectivity index (χ2v) is 7.49. The van der Waals surface area contributed by atoms with Gasteiger partial charge in [-0.25, -0.2) is 9.37 Å². The first kappa shape index (κ1) is 19.7. The fraction of sp³-hybridized carbons (Fsp3) is 0.174. The molecule has 2 aromatic heterocycles. The minimum absolute atomic E-state index is 0.0703. The lowest BCUT2D eigenvalue weighted by Gasteiger charge is -2.16. The van der Waals surface area contributed by atoms with Gasteiger partial charge in [0.25, 0.3) is 0 Å². The Kier molecular flexibility index (Phi) is 5.36. The molecule has 0 amide bonds. The summed E-state index contributed by atoms with van der Waals surface area (Å²) in [6.07, 6.45) is 1.92. The number of nitrogens with zero attached hydrogens (tertiary/aromatic N) is 3. The van der Waals surface area contributed by atoms with E-state index in [0.29, 0.717) is 47.5 Å². The maximum absolute atomic E-state index is 14.0. The summed E-state index contributed by atoms with van der Waals surface area (Å²) in [5.41, 5.74) is 1.29. The van der Waals surface area contributed by atoms with Crippen LogP contribution in [0.1, 0.15) is 29.9 Å². The van der Waals surface area contributed by atoms with Crippen LogP contribution in [0.3, 0.4) is 0 Å². The van der Waals surface area contributed by atoms with Crippen molar-refractivity contribution in [1.29, 1.82) is 0 Å². The normalized spacial score (nSPS) is 18.3. The van der Waals surface area contributed by atoms with Gasteiger partial charge in [0.2, 0.25) is 17.6 Å². The molecule has 0 bridgehead atoms. The number of rotatable bonds is 5. The Bertz CT molecular complexity index is 1200. The van der Waals surface area contributed by atoms with E-state index in [0.717, 1.165) is 0 Å². The molecule has 6 nitrogen and oxygen atoms in total. The summed E-state index contributed by atoms with van der Waals surface area (Å²) in [5, 5.41) is 4.21. The quantitative estimate of drug-likeness (QED) is 0.383. The summed E-state index contributed by atoms with van der Waals surface area (Å²) in [5.74, 6) is 1.12. The van der Waals surface area contributed by atoms with Crippen LogP contribution in [-0.4, -0.2) is 21.7 Å². The van der Waals surface area contributed by atoms with Gasteiger partial charge in [0.1, 0.15) is 11.6 Å². The topological polar surface area (TPSA) is 70.3 Å². The molecule has 0 radical (unpaired) electrons. The molecule has 1 fully saturated rings. The number of hydrogen-bond donors (Lipinski definition) is 0. The molecular weight excluding hydrogens is 421 g/mol. The molecule has 0 spiro atoms. The first-order valence-electron chi connectivity index (χ1n) is 9.77. The van der Waals surface area contributed by atoms with Crippen LogP contribution in [0.15, 0.2) is 71.4 Å². The fourth-order valence-electron chi connectivity index (χ4n) is 3.60. The molecule has 1 saturated heterocycles. The Morgan fingerprint density at radius 1 is 1.06 bits per heavy atom. The molecule has 1 aliphatic rings. The zero-order valence-electron chi connectivity index (χ0n) is 16.2. The van der Waals surface area contributed by atoms with Crippen molar-refractivity contribution in [2.24, 2.45) is 0 Å². The zero-order chi connectivity index (χ0) is 21.2. The maximum atomic E-state index is 14.0. The van der Waals surface area contributed by atoms with Crippen LogP contribution in [0.4, 0.5) is 4.39 Å². The molecule has 1 aliphatic heterocycles. The number of pyridine rings is 1. The van der Waals surface area contributed by atoms with Gasteiger partial charge in [0, 0.05) is 12.8 Å². The summed E-state index contributed by atoms with van der Waals surface area (Å²) in [6.45, 7) is 0.507. The molecule has 8 heteroatoms. The molecule has 156 valence electrons. The van der Waals surface area contributed by atoms with Crippen molar-refractivity contribution in [3.8, 4) is 23.0 Å². The van der Waals surface area contributed by atoms with Crippen LogP contribution in [-0.2, 0) is 4.74 Å². The average molecular weight is 438 g/mol. The number of aromatic nitrogens is 3. The van der Waals surface area contributed by atoms with Crippen molar-refractivity contribution in [1.82, 2.24) is 15.1 Å². The van der Waals surface area contributed by atoms with Crippen molar-refractivity contribution in [3.05, 3.63) is 89.2 Å². The van der Waals surface area contributed by atoms with E-state index in [-0.39, 0.29) is 10.9 Å². The second kappa shape index (κ2) is 8.45. The van der Waals surface area contributed by atoms with Crippen LogP contribution in [0, 0.1) is 5.82 Å². The summed E-state index contributed by atoms with van der Waals surface area (Å²) in [6, 6.07) is 17.6. The Hall–Kier alpha value is -3.29. The first-order chi connectivity index (χ1) is 15.2. The van der Waals surface area contributed by atoms with Crippen molar-refractivity contribution in [2.45, 2.75) is 18.4 Å². The average Bonchev–Trinajstić information content (AvgIpc) is 3.46. The minimum atomic E-state index is -0.488. The van der Waals surface area contributed by atoms with E-state index in [1.807, 2.05) is 36.4 Å². The number of halogens is 2. The molecule has 4 aromatic rings. The van der Waals surface area contributed by atoms with Gasteiger partial charge in [0.15, 0.2) is 0 Å². The predicted molar refractivity (Wildman–Crippen MR) is 112 cm³/mol. The third-order valence-corrected chi connectivity index (χ3v) is 5.40. The molecule has 0 N–H and O–H groups in total. The molecule has 3 heterocycles. The lowest BCUT2D eigenvalue weighted by molar-refractivity contribution is 0.0984. The summed E-state index contributed by atoms with van der Waals surface area (Å²) < 4.78 is 31.3. The van der Waals surface area contributed by atoms with E-state index in [1.165, 1.54) is 12.1 Å². The van der Waals surface area contributed by atoms with Gasteiger partial charge in [-0.1, -0.05) is 41.0 Å². The molecule has 5 rings (SSSR count). The van der Waals surface area contributed by atoms with Gasteiger partial charge >= 0.3 is 0 Å². The molecule has 31 heavy (non-hydrogen) atoms. The lowest BCUT2D eigenvalue weighted by Crippen LogP contribution is -2.07. The molecule has 2 aromatic carbocycles. The van der Waals surface area contributed by atoms with Gasteiger partial charge < -0.3 is 14.0 Å². The second-order valence-electron chi connectivity index (χ2n) is 7.09. The number of hydrogen-bond acceptors (Lipinski definition) is 6. The Morgan fingerprint density at radius 3 is 2.77 bits per heavy atom. The van der Waals surface area contributed by atoms with E-state index in [4.69, 9.17) is 25.6 Å². The lowest BCUT2D eigenvalue weighted by atomic mass is 9.95. The fourth-order valence-corrected chi connectivity index (χ4v) is 3.72. The zero-order valence-corrected chi connectivity index (χ0v) is 17.0. The highest BCUT2D eigenvalue weighted by Crippen LogP contribution is 2.42. The van der Waals surface area contributed by atoms with E-state index >= 15 is 0 Å². The van der Waals surface area contributed by atoms with Crippen LogP contribution in [0.5, 0.6) is 11.6 Å². The van der Waals surface area contributed by atoms with E-state index < -0.39 is 11.9 Å². The van der Waals surface area contributed by atoms with Crippen LogP contribution in [0.2, 0.25) is 5.02 Å². The standard InChI is InChI=1S/C23H17ClFN3O3/c24-18-9-8-14(13-19(18)25)20-16(10-12-29-20)23-27-21(28-31-23)17-7-4-11-26-22(17)30-15-5-2-1-3-6-15/h1-9,11,13,16,20H,10,12H2/t16-,20+/m0/s1. The van der Waals surface area contributed by atoms with Crippen LogP contribution in [0.25, 0.3) is 11.4 Å². The van der Waals surface area contributed by atoms with Gasteiger partial charge in [-0.3, -0.25) is 0 Å². The van der Waals surface area contributed by atoms with Gasteiger partial charge in [-0.2, -0.15) is 4.98 Å². The molecule has 0 aliphatic carbocycles. The van der Waals surface area contributed by atoms with Crippen molar-refractivity contribution < 1.29 is 18.4 Å². The van der Waals surface area contributed by atoms with Gasteiger partial charge in [-0.05, 0) is 48.4 Å². The van der Waals surface area contributed by atoms with E-state index in [1.54, 1.807) is 18.3 Å². The molecule has 0 saturated carbocycles. The smallest absolute Gasteiger partial charge is 0.233 e. The third-order valence-electron chi connectivity index (χ3n) is 5.09. The van der Waals surface area contributed by atoms with E-state index in [2.05, 4.69) is 15.1 Å². The van der Waals surface area contributed by atoms with Crippen molar-refractivity contribution in [2.75, 3.05) is 6.61 Å². The monoisotopic (exact) mass is 437 g/mol. The highest BCUT2D eigenvalue weighted by atomic mass is 35.5. The number of ether oxygens (including phenoxy) is 2. The van der Waals surface area contributed by atoms with Gasteiger partial charge in [-0.15, -0.1) is 0 Å². The Balaban J connectivity index is 1.43. The van der Waals surface area contributed by atoms with Crippen LogP contribution < -0.4 is 4.74 Å². The first-order valence-corrected chi connectivity index (χ1v) is 10.2. The van der Waals surface area contributed by atoms with Crippen LogP contribution >= 0.6 is 11.6 Å². The summed E-state index contributed by atoms with van der Waals surface area (Å²) in [7, 11) is 0. The van der Waals surface area contributed by atoms with E-state index in [9.17, 15) is 4.39 Å². The van der Waals surface area contributed by atoms with Gasteiger partial charge in [0.05, 0.1) is 22.6 Å². The molecule has 0 unspecified atom stereocenters. The Labute approximate surface area is 182 Å². The van der Waals surface area contributed by atoms with Crippen molar-refractivity contribution in [3.63, 3.8) is 0 Å². The minimum Gasteiger partial charge on any atom is -0.438 e. The number of benzene rings is 2. The molecule has 2 atom stereocenters. The summed E-state index contributed by atoms with van der Waals surface area (Å²) >= 11 is 5.81. The SMILES string of the molecule is Fc1cc([C@H]2OCC[C@@H]2c2nc(-c3cccnc3Oc3ccccc3)no2)ccc1Cl. The largest absolute Gasteiger partial charge is 0.438 e. The highest BCUT2D eigenvalue weighted by Gasteiger charge is 2.36.